The molecule has 0 saturated carbocycles. The van der Waals surface area contributed by atoms with E-state index >= 15 is 0 Å². The number of amides is 1. The van der Waals surface area contributed by atoms with E-state index in [4.69, 9.17) is 4.74 Å². The van der Waals surface area contributed by atoms with Crippen molar-refractivity contribution in [3.8, 4) is 0 Å². The van der Waals surface area contributed by atoms with Gasteiger partial charge in [-0.25, -0.2) is 4.79 Å². The van der Waals surface area contributed by atoms with Gasteiger partial charge in [-0.05, 0) is 20.8 Å². The lowest BCUT2D eigenvalue weighted by Gasteiger charge is -2.36. The molecule has 94 valence electrons. The highest BCUT2D eigenvalue weighted by atomic mass is 16.6. The van der Waals surface area contributed by atoms with Gasteiger partial charge in [-0.1, -0.05) is 0 Å². The third kappa shape index (κ3) is 2.76. The maximum absolute atomic E-state index is 12.0. The largest absolute Gasteiger partial charge is 0.443 e. The normalized spacial score (nSPS) is 23.6. The maximum atomic E-state index is 12.0. The molecule has 0 bridgehead atoms. The van der Waals surface area contributed by atoms with Crippen LogP contribution in [0.2, 0.25) is 0 Å². The fourth-order valence-corrected chi connectivity index (χ4v) is 1.73. The fraction of sp³-hybridized carbons (Fsp3) is 0.636. The van der Waals surface area contributed by atoms with Gasteiger partial charge in [-0.2, -0.15) is 0 Å². The Kier molecular flexibility index (Phi) is 3.06. The van der Waals surface area contributed by atoms with Crippen molar-refractivity contribution in [2.24, 2.45) is 4.99 Å². The number of fused-ring (bicyclic) bond motifs is 1. The summed E-state index contributed by atoms with van der Waals surface area (Å²) < 4.78 is 5.35. The minimum absolute atomic E-state index is 0.108. The van der Waals surface area contributed by atoms with Crippen LogP contribution >= 0.6 is 0 Å². The number of nitrogens with one attached hydrogen (secondary N) is 2. The van der Waals surface area contributed by atoms with E-state index in [1.54, 1.807) is 17.3 Å². The first-order chi connectivity index (χ1) is 7.97. The molecule has 0 saturated heterocycles. The van der Waals surface area contributed by atoms with Crippen LogP contribution in [0.3, 0.4) is 0 Å². The molecule has 2 heterocycles. The summed E-state index contributed by atoms with van der Waals surface area (Å²) in [6, 6.07) is -0.108. The second kappa shape index (κ2) is 4.37. The van der Waals surface area contributed by atoms with Crippen LogP contribution in [-0.2, 0) is 4.74 Å². The molecular weight excluding hydrogens is 220 g/mol. The molecule has 1 atom stereocenters. The average Bonchev–Trinajstić information content (AvgIpc) is 2.26. The number of hydrogen-bond donors (Lipinski definition) is 2. The highest BCUT2D eigenvalue weighted by Crippen LogP contribution is 2.15. The van der Waals surface area contributed by atoms with Crippen molar-refractivity contribution in [2.75, 3.05) is 13.2 Å². The molecule has 2 aliphatic heterocycles. The van der Waals surface area contributed by atoms with Crippen molar-refractivity contribution in [3.05, 3.63) is 12.4 Å². The van der Waals surface area contributed by atoms with Gasteiger partial charge in [0.2, 0.25) is 0 Å². The van der Waals surface area contributed by atoms with Gasteiger partial charge in [0.25, 0.3) is 0 Å². The molecule has 6 heteroatoms. The van der Waals surface area contributed by atoms with Gasteiger partial charge in [-0.3, -0.25) is 15.2 Å². The molecule has 6 nitrogen and oxygen atoms in total. The van der Waals surface area contributed by atoms with Crippen LogP contribution in [0.4, 0.5) is 4.79 Å². The molecule has 0 aromatic carbocycles. The zero-order valence-electron chi connectivity index (χ0n) is 10.4. The number of hydrogen-bond acceptors (Lipinski definition) is 5. The summed E-state index contributed by atoms with van der Waals surface area (Å²) >= 11 is 0. The van der Waals surface area contributed by atoms with E-state index in [0.29, 0.717) is 13.2 Å². The summed E-state index contributed by atoms with van der Waals surface area (Å²) in [5, 5.41) is 6.17. The Bertz CT molecular complexity index is 370. The van der Waals surface area contributed by atoms with Crippen LogP contribution in [0.25, 0.3) is 0 Å². The first kappa shape index (κ1) is 11.9. The van der Waals surface area contributed by atoms with Gasteiger partial charge in [0.15, 0.2) is 0 Å². The summed E-state index contributed by atoms with van der Waals surface area (Å²) in [4.78, 5) is 17.8. The van der Waals surface area contributed by atoms with Gasteiger partial charge < -0.3 is 10.1 Å². The fourth-order valence-electron chi connectivity index (χ4n) is 1.73. The maximum Gasteiger partial charge on any atom is 0.415 e. The van der Waals surface area contributed by atoms with Gasteiger partial charge in [0, 0.05) is 18.9 Å². The quantitative estimate of drug-likeness (QED) is 0.649. The standard InChI is InChI=1S/C11H18N4O2/c1-11(2,3)17-10(16)15-5-4-13-9-8(15)6-12-7-14-9/h4-5,8,12H,6-7H2,1-3H3,(H,13,14). The zero-order valence-corrected chi connectivity index (χ0v) is 10.4. The van der Waals surface area contributed by atoms with E-state index in [-0.39, 0.29) is 12.1 Å². The van der Waals surface area contributed by atoms with Crippen LogP contribution in [0.15, 0.2) is 17.4 Å². The van der Waals surface area contributed by atoms with Crippen molar-refractivity contribution in [1.29, 1.82) is 0 Å². The zero-order chi connectivity index (χ0) is 12.5. The smallest absolute Gasteiger partial charge is 0.415 e. The average molecular weight is 238 g/mol. The first-order valence-corrected chi connectivity index (χ1v) is 5.67. The van der Waals surface area contributed by atoms with Crippen molar-refractivity contribution in [3.63, 3.8) is 0 Å². The first-order valence-electron chi connectivity index (χ1n) is 5.67. The van der Waals surface area contributed by atoms with Crippen LogP contribution in [0.5, 0.6) is 0 Å². The predicted octanol–water partition coefficient (Wildman–Crippen LogP) is 0.626. The van der Waals surface area contributed by atoms with Crippen LogP contribution in [-0.4, -0.2) is 41.7 Å². The Balaban J connectivity index is 2.12. The van der Waals surface area contributed by atoms with Crippen molar-refractivity contribution in [1.82, 2.24) is 15.5 Å². The highest BCUT2D eigenvalue weighted by molar-refractivity contribution is 5.93. The minimum Gasteiger partial charge on any atom is -0.443 e. The number of aliphatic imine (C=N–C) groups is 1. The topological polar surface area (TPSA) is 66.0 Å². The third-order valence-electron chi connectivity index (χ3n) is 2.42. The van der Waals surface area contributed by atoms with Gasteiger partial charge in [-0.15, -0.1) is 0 Å². The molecular formula is C11H18N4O2. The molecule has 0 radical (unpaired) electrons. The Morgan fingerprint density at radius 2 is 2.35 bits per heavy atom. The van der Waals surface area contributed by atoms with Gasteiger partial charge >= 0.3 is 6.09 Å². The molecule has 0 aliphatic carbocycles. The SMILES string of the molecule is CC(C)(C)OC(=O)N1C=CNC2=NCNCC21. The number of rotatable bonds is 0. The summed E-state index contributed by atoms with van der Waals surface area (Å²) in [5.74, 6) is 0.803. The van der Waals surface area contributed by atoms with Crippen LogP contribution < -0.4 is 10.6 Å². The van der Waals surface area contributed by atoms with Crippen molar-refractivity contribution >= 4 is 11.9 Å². The third-order valence-corrected chi connectivity index (χ3v) is 2.42. The predicted molar refractivity (Wildman–Crippen MR) is 64.4 cm³/mol. The van der Waals surface area contributed by atoms with E-state index in [1.807, 2.05) is 20.8 Å². The minimum atomic E-state index is -0.491. The Hall–Kier alpha value is -1.56. The number of carbonyl (C=O) groups is 1. The summed E-state index contributed by atoms with van der Waals surface area (Å²) in [6.45, 7) is 6.81. The van der Waals surface area contributed by atoms with E-state index in [0.717, 1.165) is 5.84 Å². The molecule has 17 heavy (non-hydrogen) atoms. The molecule has 0 aromatic rings. The lowest BCUT2D eigenvalue weighted by molar-refractivity contribution is 0.0298. The number of ether oxygens (including phenoxy) is 1. The second-order valence-corrected chi connectivity index (χ2v) is 5.02. The Labute approximate surface area is 101 Å². The molecule has 0 spiro atoms. The number of nitrogens with zero attached hydrogens (tertiary/aromatic N) is 2. The molecule has 1 amide bonds. The van der Waals surface area contributed by atoms with Crippen LogP contribution in [0.1, 0.15) is 20.8 Å². The monoisotopic (exact) mass is 238 g/mol. The van der Waals surface area contributed by atoms with Gasteiger partial charge in [0.05, 0.1) is 6.67 Å². The van der Waals surface area contributed by atoms with E-state index in [9.17, 15) is 4.79 Å². The number of carbonyl (C=O) groups excluding carboxylic acids is 1. The van der Waals surface area contributed by atoms with E-state index < -0.39 is 5.60 Å². The molecule has 2 aliphatic rings. The summed E-state index contributed by atoms with van der Waals surface area (Å²) in [5.41, 5.74) is -0.491. The molecule has 2 N–H and O–H groups in total. The Morgan fingerprint density at radius 1 is 1.59 bits per heavy atom. The number of amidine groups is 1. The Morgan fingerprint density at radius 3 is 3.06 bits per heavy atom. The summed E-state index contributed by atoms with van der Waals surface area (Å²) in [6.07, 6.45) is 3.03. The van der Waals surface area contributed by atoms with E-state index in [1.165, 1.54) is 0 Å². The molecule has 0 fully saturated rings. The summed E-state index contributed by atoms with van der Waals surface area (Å²) in [7, 11) is 0. The lowest BCUT2D eigenvalue weighted by atomic mass is 10.2. The van der Waals surface area contributed by atoms with Crippen molar-refractivity contribution < 1.29 is 9.53 Å². The second-order valence-electron chi connectivity index (χ2n) is 5.02. The highest BCUT2D eigenvalue weighted by Gasteiger charge is 2.33. The molecule has 2 rings (SSSR count). The van der Waals surface area contributed by atoms with Crippen molar-refractivity contribution in [2.45, 2.75) is 32.4 Å². The van der Waals surface area contributed by atoms with Crippen LogP contribution in [0, 0.1) is 0 Å². The van der Waals surface area contributed by atoms with Gasteiger partial charge in [0.1, 0.15) is 17.5 Å². The molecule has 1 unspecified atom stereocenters. The van der Waals surface area contributed by atoms with E-state index in [2.05, 4.69) is 15.6 Å². The molecule has 0 aromatic heterocycles. The lowest BCUT2D eigenvalue weighted by Crippen LogP contribution is -2.57.